The van der Waals surface area contributed by atoms with E-state index >= 15 is 0 Å². The maximum Gasteiger partial charge on any atom is 0.338 e. The maximum absolute atomic E-state index is 12.0. The first-order chi connectivity index (χ1) is 10.6. The zero-order valence-electron chi connectivity index (χ0n) is 13.4. The molecular weight excluding hydrogens is 282 g/mol. The SMILES string of the molecule is CCCCOC(=O)c1cccc(N(CCC)CCC(=O)O)c1. The number of aliphatic carboxylic acids is 1. The monoisotopic (exact) mass is 307 g/mol. The van der Waals surface area contributed by atoms with Gasteiger partial charge in [-0.25, -0.2) is 4.79 Å². The lowest BCUT2D eigenvalue weighted by molar-refractivity contribution is -0.136. The molecule has 0 bridgehead atoms. The molecule has 5 nitrogen and oxygen atoms in total. The van der Waals surface area contributed by atoms with Gasteiger partial charge < -0.3 is 14.7 Å². The predicted molar refractivity (Wildman–Crippen MR) is 86.4 cm³/mol. The molecule has 0 unspecified atom stereocenters. The van der Waals surface area contributed by atoms with Gasteiger partial charge in [0.1, 0.15) is 0 Å². The van der Waals surface area contributed by atoms with E-state index in [0.29, 0.717) is 18.7 Å². The van der Waals surface area contributed by atoms with Crippen LogP contribution >= 0.6 is 0 Å². The number of hydrogen-bond acceptors (Lipinski definition) is 4. The van der Waals surface area contributed by atoms with Gasteiger partial charge in [0.2, 0.25) is 0 Å². The van der Waals surface area contributed by atoms with Crippen molar-refractivity contribution >= 4 is 17.6 Å². The van der Waals surface area contributed by atoms with Crippen LogP contribution in [0.25, 0.3) is 0 Å². The summed E-state index contributed by atoms with van der Waals surface area (Å²) >= 11 is 0. The number of benzene rings is 1. The molecule has 5 heteroatoms. The highest BCUT2D eigenvalue weighted by Gasteiger charge is 2.12. The molecule has 0 aromatic heterocycles. The first kappa shape index (κ1) is 18.0. The number of carboxylic acids is 1. The molecule has 22 heavy (non-hydrogen) atoms. The summed E-state index contributed by atoms with van der Waals surface area (Å²) in [4.78, 5) is 24.7. The van der Waals surface area contributed by atoms with Gasteiger partial charge in [-0.2, -0.15) is 0 Å². The number of hydrogen-bond donors (Lipinski definition) is 1. The van der Waals surface area contributed by atoms with E-state index in [1.807, 2.05) is 24.8 Å². The topological polar surface area (TPSA) is 66.8 Å². The van der Waals surface area contributed by atoms with Gasteiger partial charge >= 0.3 is 11.9 Å². The van der Waals surface area contributed by atoms with Crippen LogP contribution in [0.5, 0.6) is 0 Å². The minimum absolute atomic E-state index is 0.0746. The predicted octanol–water partition coefficient (Wildman–Crippen LogP) is 3.33. The minimum Gasteiger partial charge on any atom is -0.481 e. The number of esters is 1. The number of nitrogens with zero attached hydrogens (tertiary/aromatic N) is 1. The lowest BCUT2D eigenvalue weighted by atomic mass is 10.1. The molecule has 0 atom stereocenters. The van der Waals surface area contributed by atoms with Crippen LogP contribution in [0.2, 0.25) is 0 Å². The van der Waals surface area contributed by atoms with E-state index in [1.54, 1.807) is 18.2 Å². The van der Waals surface area contributed by atoms with Gasteiger partial charge in [0.05, 0.1) is 18.6 Å². The fourth-order valence-corrected chi connectivity index (χ4v) is 2.09. The van der Waals surface area contributed by atoms with Crippen LogP contribution in [-0.2, 0) is 9.53 Å². The van der Waals surface area contributed by atoms with Crippen molar-refractivity contribution in [2.24, 2.45) is 0 Å². The van der Waals surface area contributed by atoms with E-state index in [4.69, 9.17) is 9.84 Å². The highest BCUT2D eigenvalue weighted by atomic mass is 16.5. The molecule has 0 amide bonds. The lowest BCUT2D eigenvalue weighted by Gasteiger charge is -2.24. The van der Waals surface area contributed by atoms with Crippen LogP contribution in [0.15, 0.2) is 24.3 Å². The zero-order chi connectivity index (χ0) is 16.4. The van der Waals surface area contributed by atoms with Crippen molar-refractivity contribution in [2.75, 3.05) is 24.6 Å². The van der Waals surface area contributed by atoms with E-state index in [-0.39, 0.29) is 12.4 Å². The summed E-state index contributed by atoms with van der Waals surface area (Å²) in [6.45, 7) is 5.69. The molecule has 0 radical (unpaired) electrons. The van der Waals surface area contributed by atoms with Gasteiger partial charge in [-0.15, -0.1) is 0 Å². The van der Waals surface area contributed by atoms with Gasteiger partial charge in [0, 0.05) is 18.8 Å². The van der Waals surface area contributed by atoms with Crippen LogP contribution in [0.4, 0.5) is 5.69 Å². The second-order valence-corrected chi connectivity index (χ2v) is 5.17. The smallest absolute Gasteiger partial charge is 0.338 e. The molecule has 0 spiro atoms. The van der Waals surface area contributed by atoms with Crippen LogP contribution in [0.1, 0.15) is 49.9 Å². The number of ether oxygens (including phenoxy) is 1. The third-order valence-electron chi connectivity index (χ3n) is 3.27. The van der Waals surface area contributed by atoms with Crippen LogP contribution in [-0.4, -0.2) is 36.7 Å². The number of anilines is 1. The molecule has 0 aliphatic carbocycles. The Morgan fingerprint density at radius 1 is 1.18 bits per heavy atom. The molecule has 1 aromatic rings. The van der Waals surface area contributed by atoms with Crippen LogP contribution < -0.4 is 4.90 Å². The minimum atomic E-state index is -0.823. The number of carbonyl (C=O) groups is 2. The quantitative estimate of drug-likeness (QED) is 0.530. The maximum atomic E-state index is 12.0. The summed E-state index contributed by atoms with van der Waals surface area (Å²) in [5, 5.41) is 8.84. The van der Waals surface area contributed by atoms with Gasteiger partial charge in [-0.3, -0.25) is 4.79 Å². The molecule has 1 rings (SSSR count). The Morgan fingerprint density at radius 2 is 1.95 bits per heavy atom. The standard InChI is InChI=1S/C17H25NO4/c1-3-5-12-22-17(21)14-7-6-8-15(13-14)18(10-4-2)11-9-16(19)20/h6-8,13H,3-5,9-12H2,1-2H3,(H,19,20). The van der Waals surface area contributed by atoms with E-state index in [0.717, 1.165) is 31.5 Å². The molecule has 0 aliphatic heterocycles. The van der Waals surface area contributed by atoms with Crippen molar-refractivity contribution in [3.05, 3.63) is 29.8 Å². The number of carboxylic acid groups (broad SMARTS) is 1. The van der Waals surface area contributed by atoms with E-state index < -0.39 is 5.97 Å². The molecule has 1 N–H and O–H groups in total. The Balaban J connectivity index is 2.77. The lowest BCUT2D eigenvalue weighted by Crippen LogP contribution is -2.27. The van der Waals surface area contributed by atoms with E-state index in [9.17, 15) is 9.59 Å². The molecule has 0 saturated heterocycles. The third kappa shape index (κ3) is 6.16. The summed E-state index contributed by atoms with van der Waals surface area (Å²) in [6, 6.07) is 7.18. The second kappa shape index (κ2) is 9.82. The summed E-state index contributed by atoms with van der Waals surface area (Å²) < 4.78 is 5.21. The van der Waals surface area contributed by atoms with Gasteiger partial charge in [0.25, 0.3) is 0 Å². The summed E-state index contributed by atoms with van der Waals surface area (Å²) in [7, 11) is 0. The summed E-state index contributed by atoms with van der Waals surface area (Å²) in [6.07, 6.45) is 2.81. The Kier molecular flexibility index (Phi) is 8.04. The normalized spacial score (nSPS) is 10.3. The van der Waals surface area contributed by atoms with Crippen LogP contribution in [0.3, 0.4) is 0 Å². The van der Waals surface area contributed by atoms with Gasteiger partial charge in [-0.1, -0.05) is 26.3 Å². The highest BCUT2D eigenvalue weighted by molar-refractivity contribution is 5.90. The number of unbranched alkanes of at least 4 members (excludes halogenated alkanes) is 1. The third-order valence-corrected chi connectivity index (χ3v) is 3.27. The molecule has 0 fully saturated rings. The van der Waals surface area contributed by atoms with Crippen molar-refractivity contribution in [1.29, 1.82) is 0 Å². The molecular formula is C17H25NO4. The second-order valence-electron chi connectivity index (χ2n) is 5.17. The highest BCUT2D eigenvalue weighted by Crippen LogP contribution is 2.18. The largest absolute Gasteiger partial charge is 0.481 e. The fourth-order valence-electron chi connectivity index (χ4n) is 2.09. The first-order valence-corrected chi connectivity index (χ1v) is 7.82. The Bertz CT molecular complexity index is 487. The van der Waals surface area contributed by atoms with Crippen molar-refractivity contribution in [2.45, 2.75) is 39.5 Å². The van der Waals surface area contributed by atoms with Gasteiger partial charge in [-0.05, 0) is 31.0 Å². The number of carbonyl (C=O) groups excluding carboxylic acids is 1. The van der Waals surface area contributed by atoms with Crippen molar-refractivity contribution in [3.8, 4) is 0 Å². The first-order valence-electron chi connectivity index (χ1n) is 7.82. The molecule has 0 saturated carbocycles. The summed E-state index contributed by atoms with van der Waals surface area (Å²) in [5.74, 6) is -1.15. The zero-order valence-corrected chi connectivity index (χ0v) is 13.4. The molecule has 1 aromatic carbocycles. The van der Waals surface area contributed by atoms with Crippen molar-refractivity contribution in [1.82, 2.24) is 0 Å². The Morgan fingerprint density at radius 3 is 2.59 bits per heavy atom. The average molecular weight is 307 g/mol. The fraction of sp³-hybridized carbons (Fsp3) is 0.529. The van der Waals surface area contributed by atoms with E-state index in [1.165, 1.54) is 0 Å². The summed E-state index contributed by atoms with van der Waals surface area (Å²) in [5.41, 5.74) is 1.36. The van der Waals surface area contributed by atoms with E-state index in [2.05, 4.69) is 0 Å². The van der Waals surface area contributed by atoms with Crippen LogP contribution in [0, 0.1) is 0 Å². The molecule has 122 valence electrons. The average Bonchev–Trinajstić information content (AvgIpc) is 2.51. The number of rotatable bonds is 10. The Hall–Kier alpha value is -2.04. The molecule has 0 heterocycles. The van der Waals surface area contributed by atoms with Crippen molar-refractivity contribution < 1.29 is 19.4 Å². The Labute approximate surface area is 131 Å². The van der Waals surface area contributed by atoms with Gasteiger partial charge in [0.15, 0.2) is 0 Å². The van der Waals surface area contributed by atoms with Crippen molar-refractivity contribution in [3.63, 3.8) is 0 Å². The molecule has 0 aliphatic rings.